The van der Waals surface area contributed by atoms with Gasteiger partial charge in [-0.15, -0.1) is 11.8 Å². The summed E-state index contributed by atoms with van der Waals surface area (Å²) in [6, 6.07) is 10.1. The lowest BCUT2D eigenvalue weighted by Crippen LogP contribution is -2.46. The van der Waals surface area contributed by atoms with Gasteiger partial charge in [-0.25, -0.2) is 0 Å². The molecule has 1 saturated carbocycles. The van der Waals surface area contributed by atoms with E-state index in [4.69, 9.17) is 21.1 Å². The molecule has 1 unspecified atom stereocenters. The van der Waals surface area contributed by atoms with Gasteiger partial charge in [0.1, 0.15) is 17.8 Å². The number of aliphatic hydroxyl groups excluding tert-OH is 1. The van der Waals surface area contributed by atoms with Gasteiger partial charge < -0.3 is 25.0 Å². The summed E-state index contributed by atoms with van der Waals surface area (Å²) in [4.78, 5) is 12.6. The predicted octanol–water partition coefficient (Wildman–Crippen LogP) is 4.98. The van der Waals surface area contributed by atoms with Crippen LogP contribution in [0.1, 0.15) is 55.0 Å². The van der Waals surface area contributed by atoms with E-state index in [1.807, 2.05) is 44.4 Å². The van der Waals surface area contributed by atoms with Gasteiger partial charge in [-0.1, -0.05) is 29.8 Å². The molecular weight excluding hydrogens is 486 g/mol. The number of aliphatic hydroxyl groups is 1. The van der Waals surface area contributed by atoms with Crippen molar-refractivity contribution >= 4 is 29.3 Å². The van der Waals surface area contributed by atoms with Crippen LogP contribution in [0.25, 0.3) is 0 Å². The maximum atomic E-state index is 11.5. The Labute approximate surface area is 216 Å². The molecule has 0 amide bonds. The number of carboxylic acids is 1. The second kappa shape index (κ2) is 10.3. The SMILES string of the molecule is CSc1ccc(CC(C)(C)NCC(O)CO[C@H](C)c2ccc(C)c3c2[C@@H]2[C@H](O3)[C@H]2C(=O)O)cc1Cl. The van der Waals surface area contributed by atoms with E-state index in [0.29, 0.717) is 6.54 Å². The number of benzene rings is 2. The van der Waals surface area contributed by atoms with Gasteiger partial charge in [0.15, 0.2) is 0 Å². The number of ether oxygens (including phenoxy) is 2. The van der Waals surface area contributed by atoms with E-state index in [-0.39, 0.29) is 30.3 Å². The zero-order valence-corrected chi connectivity index (χ0v) is 22.4. The molecule has 1 aliphatic heterocycles. The van der Waals surface area contributed by atoms with Gasteiger partial charge in [0.05, 0.1) is 23.8 Å². The summed E-state index contributed by atoms with van der Waals surface area (Å²) in [5, 5.41) is 24.2. The topological polar surface area (TPSA) is 88.0 Å². The summed E-state index contributed by atoms with van der Waals surface area (Å²) >= 11 is 7.98. The number of fused-ring (bicyclic) bond motifs is 3. The Hall–Kier alpha value is -1.77. The Balaban J connectivity index is 1.31. The van der Waals surface area contributed by atoms with E-state index in [1.54, 1.807) is 11.8 Å². The number of thioether (sulfide) groups is 1. The van der Waals surface area contributed by atoms with Crippen LogP contribution in [0.15, 0.2) is 35.2 Å². The maximum Gasteiger partial charge on any atom is 0.311 e. The molecule has 190 valence electrons. The summed E-state index contributed by atoms with van der Waals surface area (Å²) in [5.41, 5.74) is 3.79. The van der Waals surface area contributed by atoms with E-state index in [1.165, 1.54) is 0 Å². The Kier molecular flexibility index (Phi) is 7.74. The molecule has 2 aliphatic rings. The van der Waals surface area contributed by atoms with Crippen LogP contribution in [0.5, 0.6) is 5.75 Å². The second-order valence-corrected chi connectivity index (χ2v) is 11.5. The van der Waals surface area contributed by atoms with E-state index < -0.39 is 18.0 Å². The average molecular weight is 520 g/mol. The van der Waals surface area contributed by atoms with E-state index >= 15 is 0 Å². The van der Waals surface area contributed by atoms with Crippen molar-refractivity contribution in [2.75, 3.05) is 19.4 Å². The molecule has 4 rings (SSSR count). The minimum Gasteiger partial charge on any atom is -0.488 e. The number of hydrogen-bond acceptors (Lipinski definition) is 6. The van der Waals surface area contributed by atoms with Crippen LogP contribution >= 0.6 is 23.4 Å². The number of aliphatic carboxylic acids is 1. The highest BCUT2D eigenvalue weighted by Crippen LogP contribution is 2.61. The Bertz CT molecular complexity index is 1110. The van der Waals surface area contributed by atoms with Gasteiger partial charge in [-0.05, 0) is 69.2 Å². The largest absolute Gasteiger partial charge is 0.488 e. The molecule has 1 aliphatic carbocycles. The molecule has 2 aromatic carbocycles. The lowest BCUT2D eigenvalue weighted by Gasteiger charge is -2.28. The second-order valence-electron chi connectivity index (χ2n) is 10.2. The van der Waals surface area contributed by atoms with Gasteiger partial charge in [0, 0.05) is 28.5 Å². The van der Waals surface area contributed by atoms with Gasteiger partial charge >= 0.3 is 5.97 Å². The van der Waals surface area contributed by atoms with Crippen LogP contribution in [0.2, 0.25) is 5.02 Å². The van der Waals surface area contributed by atoms with Crippen molar-refractivity contribution in [3.8, 4) is 5.75 Å². The summed E-state index contributed by atoms with van der Waals surface area (Å²) in [5.74, 6) is -0.633. The fourth-order valence-corrected chi connectivity index (χ4v) is 5.87. The van der Waals surface area contributed by atoms with Gasteiger partial charge in [0.25, 0.3) is 0 Å². The van der Waals surface area contributed by atoms with Crippen molar-refractivity contribution in [1.82, 2.24) is 5.32 Å². The fraction of sp³-hybridized carbons (Fsp3) is 0.519. The molecule has 0 aromatic heterocycles. The molecule has 35 heavy (non-hydrogen) atoms. The molecule has 0 saturated heterocycles. The van der Waals surface area contributed by atoms with Crippen LogP contribution in [0.3, 0.4) is 0 Å². The predicted molar refractivity (Wildman–Crippen MR) is 139 cm³/mol. The summed E-state index contributed by atoms with van der Waals surface area (Å²) < 4.78 is 12.0. The quantitative estimate of drug-likeness (QED) is 0.361. The first-order chi connectivity index (χ1) is 16.5. The zero-order chi connectivity index (χ0) is 25.5. The molecule has 0 bridgehead atoms. The molecular formula is C27H34ClNO5S. The lowest BCUT2D eigenvalue weighted by molar-refractivity contribution is -0.139. The Morgan fingerprint density at radius 3 is 2.71 bits per heavy atom. The lowest BCUT2D eigenvalue weighted by atomic mass is 9.94. The molecule has 5 atom stereocenters. The van der Waals surface area contributed by atoms with Crippen molar-refractivity contribution in [3.05, 3.63) is 57.6 Å². The van der Waals surface area contributed by atoms with E-state index in [9.17, 15) is 15.0 Å². The van der Waals surface area contributed by atoms with Crippen molar-refractivity contribution in [2.24, 2.45) is 5.92 Å². The van der Waals surface area contributed by atoms with Gasteiger partial charge in [-0.3, -0.25) is 4.79 Å². The number of rotatable bonds is 11. The minimum atomic E-state index is -0.821. The summed E-state index contributed by atoms with van der Waals surface area (Å²) in [6.07, 6.45) is 1.52. The highest BCUT2D eigenvalue weighted by molar-refractivity contribution is 7.98. The third-order valence-corrected chi connectivity index (χ3v) is 8.13. The highest BCUT2D eigenvalue weighted by atomic mass is 35.5. The molecule has 1 fully saturated rings. The van der Waals surface area contributed by atoms with Crippen LogP contribution in [0, 0.1) is 12.8 Å². The number of carboxylic acid groups (broad SMARTS) is 1. The standard InChI is InChI=1S/C27H34ClNO5S/c1-14-6-8-18(21-22-23(26(31)32)25(22)34-24(14)21)15(2)33-13-17(30)12-29-27(3,4)11-16-7-9-20(35-5)19(28)10-16/h6-10,15,17,22-23,25,29-30H,11-13H2,1-5H3,(H,31,32)/t15-,17?,22+,23+,25+/m1/s1. The maximum absolute atomic E-state index is 11.5. The van der Waals surface area contributed by atoms with Crippen LogP contribution in [0.4, 0.5) is 0 Å². The first kappa shape index (κ1) is 26.3. The first-order valence-corrected chi connectivity index (χ1v) is 13.5. The van der Waals surface area contributed by atoms with Crippen molar-refractivity contribution in [2.45, 2.75) is 68.8 Å². The Morgan fingerprint density at radius 1 is 1.31 bits per heavy atom. The molecule has 1 heterocycles. The van der Waals surface area contributed by atoms with Crippen LogP contribution < -0.4 is 10.1 Å². The third-order valence-electron chi connectivity index (χ3n) is 6.91. The van der Waals surface area contributed by atoms with Crippen LogP contribution in [-0.4, -0.2) is 53.3 Å². The fourth-order valence-electron chi connectivity index (χ4n) is 4.97. The Morgan fingerprint density at radius 2 is 2.06 bits per heavy atom. The number of nitrogens with one attached hydrogen (secondary N) is 1. The van der Waals surface area contributed by atoms with Crippen molar-refractivity contribution in [3.63, 3.8) is 0 Å². The zero-order valence-electron chi connectivity index (χ0n) is 20.8. The van der Waals surface area contributed by atoms with Crippen molar-refractivity contribution < 1.29 is 24.5 Å². The molecule has 3 N–H and O–H groups in total. The highest BCUT2D eigenvalue weighted by Gasteiger charge is 2.64. The number of halogens is 1. The van der Waals surface area contributed by atoms with Gasteiger partial charge in [0.2, 0.25) is 0 Å². The normalized spacial score (nSPS) is 22.2. The monoisotopic (exact) mass is 519 g/mol. The average Bonchev–Trinajstić information content (AvgIpc) is 3.38. The number of β-amino-alcohol motifs (C(OH)–C–C–N with tert-alkyl or cyclic N) is 1. The summed E-state index contributed by atoms with van der Waals surface area (Å²) in [6.45, 7) is 8.65. The number of hydrogen-bond donors (Lipinski definition) is 3. The molecule has 8 heteroatoms. The van der Waals surface area contributed by atoms with Gasteiger partial charge in [-0.2, -0.15) is 0 Å². The smallest absolute Gasteiger partial charge is 0.311 e. The molecule has 2 aromatic rings. The van der Waals surface area contributed by atoms with Crippen molar-refractivity contribution in [1.29, 1.82) is 0 Å². The first-order valence-electron chi connectivity index (χ1n) is 11.9. The van der Waals surface area contributed by atoms with Crippen LogP contribution in [-0.2, 0) is 16.0 Å². The third kappa shape index (κ3) is 5.65. The number of aryl methyl sites for hydroxylation is 1. The van der Waals surface area contributed by atoms with E-state index in [0.717, 1.165) is 44.3 Å². The number of carbonyl (C=O) groups is 1. The minimum absolute atomic E-state index is 0.116. The molecule has 6 nitrogen and oxygen atoms in total. The summed E-state index contributed by atoms with van der Waals surface area (Å²) in [7, 11) is 0. The van der Waals surface area contributed by atoms with E-state index in [2.05, 4.69) is 25.2 Å². The molecule has 0 radical (unpaired) electrons. The molecule has 0 spiro atoms.